The lowest BCUT2D eigenvalue weighted by atomic mass is 10.1. The Balaban J connectivity index is 1.72. The van der Waals surface area contributed by atoms with E-state index in [2.05, 4.69) is 10.5 Å². The molecule has 1 unspecified atom stereocenters. The quantitative estimate of drug-likeness (QED) is 0.817. The van der Waals surface area contributed by atoms with E-state index < -0.39 is 6.10 Å². The highest BCUT2D eigenvalue weighted by molar-refractivity contribution is 5.35. The molecule has 21 heavy (non-hydrogen) atoms. The molecule has 0 saturated carbocycles. The summed E-state index contributed by atoms with van der Waals surface area (Å²) in [5, 5.41) is 16.8. The summed E-state index contributed by atoms with van der Waals surface area (Å²) >= 11 is 0. The van der Waals surface area contributed by atoms with Crippen LogP contribution in [0.5, 0.6) is 5.75 Å². The maximum absolute atomic E-state index is 9.92. The number of ether oxygens (including phenoxy) is 1. The van der Waals surface area contributed by atoms with Gasteiger partial charge in [0.1, 0.15) is 18.5 Å². The van der Waals surface area contributed by atoms with Gasteiger partial charge in [0.05, 0.1) is 12.2 Å². The van der Waals surface area contributed by atoms with Gasteiger partial charge in [0.15, 0.2) is 5.76 Å². The van der Waals surface area contributed by atoms with Crippen LogP contribution in [0.15, 0.2) is 28.8 Å². The van der Waals surface area contributed by atoms with Gasteiger partial charge in [-0.2, -0.15) is 0 Å². The van der Waals surface area contributed by atoms with Gasteiger partial charge in [-0.15, -0.1) is 0 Å². The van der Waals surface area contributed by atoms with Crippen molar-refractivity contribution in [2.45, 2.75) is 33.4 Å². The van der Waals surface area contributed by atoms with Crippen LogP contribution in [-0.4, -0.2) is 29.5 Å². The number of rotatable bonds is 7. The summed E-state index contributed by atoms with van der Waals surface area (Å²) in [6.07, 6.45) is -0.575. The van der Waals surface area contributed by atoms with Crippen molar-refractivity contribution in [1.82, 2.24) is 10.5 Å². The fourth-order valence-electron chi connectivity index (χ4n) is 1.97. The molecule has 0 saturated heterocycles. The Hall–Kier alpha value is -1.85. The highest BCUT2D eigenvalue weighted by Gasteiger charge is 2.08. The normalized spacial score (nSPS) is 12.4. The standard InChI is InChI=1S/C16H22N2O3/c1-11-4-5-12(2)16(6-11)20-10-14(19)8-17-9-15-7-13(3)18-21-15/h4-7,14,17,19H,8-10H2,1-3H3. The first-order valence-electron chi connectivity index (χ1n) is 7.05. The highest BCUT2D eigenvalue weighted by atomic mass is 16.5. The van der Waals surface area contributed by atoms with Crippen molar-refractivity contribution in [3.63, 3.8) is 0 Å². The minimum absolute atomic E-state index is 0.257. The smallest absolute Gasteiger partial charge is 0.150 e. The third kappa shape index (κ3) is 4.88. The Kier molecular flexibility index (Phi) is 5.36. The Labute approximate surface area is 124 Å². The van der Waals surface area contributed by atoms with Crippen LogP contribution in [-0.2, 0) is 6.54 Å². The van der Waals surface area contributed by atoms with Crippen LogP contribution in [0.2, 0.25) is 0 Å². The van der Waals surface area contributed by atoms with Gasteiger partial charge in [-0.05, 0) is 38.0 Å². The highest BCUT2D eigenvalue weighted by Crippen LogP contribution is 2.19. The van der Waals surface area contributed by atoms with Crippen molar-refractivity contribution in [2.75, 3.05) is 13.2 Å². The first kappa shape index (κ1) is 15.5. The zero-order chi connectivity index (χ0) is 15.2. The summed E-state index contributed by atoms with van der Waals surface area (Å²) in [5.41, 5.74) is 3.06. The second-order valence-corrected chi connectivity index (χ2v) is 5.30. The molecule has 114 valence electrons. The maximum Gasteiger partial charge on any atom is 0.150 e. The second-order valence-electron chi connectivity index (χ2n) is 5.30. The van der Waals surface area contributed by atoms with Crippen LogP contribution in [0, 0.1) is 20.8 Å². The monoisotopic (exact) mass is 290 g/mol. The van der Waals surface area contributed by atoms with Crippen LogP contribution >= 0.6 is 0 Å². The Morgan fingerprint density at radius 3 is 2.81 bits per heavy atom. The molecule has 0 fully saturated rings. The summed E-state index contributed by atoms with van der Waals surface area (Å²) in [6, 6.07) is 7.90. The largest absolute Gasteiger partial charge is 0.491 e. The second kappa shape index (κ2) is 7.24. The maximum atomic E-state index is 9.92. The van der Waals surface area contributed by atoms with Crippen LogP contribution < -0.4 is 10.1 Å². The summed E-state index contributed by atoms with van der Waals surface area (Å²) in [4.78, 5) is 0. The molecule has 1 atom stereocenters. The van der Waals surface area contributed by atoms with E-state index in [4.69, 9.17) is 9.26 Å². The summed E-state index contributed by atoms with van der Waals surface area (Å²) in [6.45, 7) is 7.12. The first-order chi connectivity index (χ1) is 10.0. The fraction of sp³-hybridized carbons (Fsp3) is 0.438. The van der Waals surface area contributed by atoms with E-state index in [0.717, 1.165) is 28.3 Å². The molecule has 1 heterocycles. The minimum Gasteiger partial charge on any atom is -0.491 e. The van der Waals surface area contributed by atoms with Gasteiger partial charge in [0, 0.05) is 12.6 Å². The number of aliphatic hydroxyl groups is 1. The Morgan fingerprint density at radius 1 is 1.29 bits per heavy atom. The lowest BCUT2D eigenvalue weighted by Gasteiger charge is -2.14. The van der Waals surface area contributed by atoms with Crippen molar-refractivity contribution < 1.29 is 14.4 Å². The van der Waals surface area contributed by atoms with E-state index in [1.807, 2.05) is 45.0 Å². The number of nitrogens with one attached hydrogen (secondary N) is 1. The van der Waals surface area contributed by atoms with E-state index in [0.29, 0.717) is 13.1 Å². The van der Waals surface area contributed by atoms with Gasteiger partial charge in [0.2, 0.25) is 0 Å². The zero-order valence-corrected chi connectivity index (χ0v) is 12.7. The van der Waals surface area contributed by atoms with Crippen LogP contribution in [0.25, 0.3) is 0 Å². The SMILES string of the molecule is Cc1ccc(C)c(OCC(O)CNCc2cc(C)no2)c1. The molecule has 2 aromatic rings. The Morgan fingerprint density at radius 2 is 2.10 bits per heavy atom. The first-order valence-corrected chi connectivity index (χ1v) is 7.05. The van der Waals surface area contributed by atoms with E-state index >= 15 is 0 Å². The van der Waals surface area contributed by atoms with E-state index in [1.54, 1.807) is 0 Å². The molecule has 1 aromatic carbocycles. The van der Waals surface area contributed by atoms with Gasteiger partial charge in [0.25, 0.3) is 0 Å². The van der Waals surface area contributed by atoms with Crippen LogP contribution in [0.4, 0.5) is 0 Å². The Bertz CT molecular complexity index is 581. The van der Waals surface area contributed by atoms with Crippen molar-refractivity contribution in [3.05, 3.63) is 46.8 Å². The minimum atomic E-state index is -0.575. The van der Waals surface area contributed by atoms with Crippen molar-refractivity contribution in [3.8, 4) is 5.75 Å². The fourth-order valence-corrected chi connectivity index (χ4v) is 1.97. The van der Waals surface area contributed by atoms with Crippen molar-refractivity contribution in [1.29, 1.82) is 0 Å². The predicted octanol–water partition coefficient (Wildman–Crippen LogP) is 2.13. The van der Waals surface area contributed by atoms with Gasteiger partial charge >= 0.3 is 0 Å². The molecule has 0 aliphatic heterocycles. The molecule has 5 nitrogen and oxygen atoms in total. The molecular weight excluding hydrogens is 268 g/mol. The number of aromatic nitrogens is 1. The lowest BCUT2D eigenvalue weighted by Crippen LogP contribution is -2.31. The van der Waals surface area contributed by atoms with Crippen molar-refractivity contribution >= 4 is 0 Å². The summed E-state index contributed by atoms with van der Waals surface area (Å²) in [7, 11) is 0. The molecule has 0 aliphatic rings. The van der Waals surface area contributed by atoms with Crippen LogP contribution in [0.1, 0.15) is 22.6 Å². The van der Waals surface area contributed by atoms with E-state index in [9.17, 15) is 5.11 Å². The summed E-state index contributed by atoms with van der Waals surface area (Å²) in [5.74, 6) is 1.58. The number of nitrogens with zero attached hydrogens (tertiary/aromatic N) is 1. The third-order valence-corrected chi connectivity index (χ3v) is 3.13. The average Bonchev–Trinajstić information content (AvgIpc) is 2.85. The van der Waals surface area contributed by atoms with Gasteiger partial charge in [-0.3, -0.25) is 0 Å². The number of hydrogen-bond donors (Lipinski definition) is 2. The van der Waals surface area contributed by atoms with Gasteiger partial charge < -0.3 is 19.7 Å². The molecule has 0 amide bonds. The topological polar surface area (TPSA) is 67.5 Å². The van der Waals surface area contributed by atoms with Crippen LogP contribution in [0.3, 0.4) is 0 Å². The molecule has 2 N–H and O–H groups in total. The molecule has 0 spiro atoms. The van der Waals surface area contributed by atoms with E-state index in [-0.39, 0.29) is 6.61 Å². The predicted molar refractivity (Wildman–Crippen MR) is 80.4 cm³/mol. The molecule has 0 radical (unpaired) electrons. The number of hydrogen-bond acceptors (Lipinski definition) is 5. The molecule has 1 aromatic heterocycles. The van der Waals surface area contributed by atoms with Gasteiger partial charge in [-0.1, -0.05) is 17.3 Å². The van der Waals surface area contributed by atoms with E-state index in [1.165, 1.54) is 0 Å². The molecule has 5 heteroatoms. The number of aliphatic hydroxyl groups excluding tert-OH is 1. The number of benzene rings is 1. The molecule has 0 bridgehead atoms. The molecular formula is C16H22N2O3. The summed E-state index contributed by atoms with van der Waals surface area (Å²) < 4.78 is 10.7. The molecule has 0 aliphatic carbocycles. The third-order valence-electron chi connectivity index (χ3n) is 3.13. The average molecular weight is 290 g/mol. The van der Waals surface area contributed by atoms with Gasteiger partial charge in [-0.25, -0.2) is 0 Å². The zero-order valence-electron chi connectivity index (χ0n) is 12.7. The van der Waals surface area contributed by atoms with Crippen molar-refractivity contribution in [2.24, 2.45) is 0 Å². The lowest BCUT2D eigenvalue weighted by molar-refractivity contribution is 0.105. The molecule has 2 rings (SSSR count). The number of aryl methyl sites for hydroxylation is 3.